The molecule has 0 aromatic heterocycles. The monoisotopic (exact) mass is 705 g/mol. The largest absolute Gasteiger partial charge is 0.457 e. The highest BCUT2D eigenvalue weighted by molar-refractivity contribution is 5.69. The zero-order valence-corrected chi connectivity index (χ0v) is 32.8. The van der Waals surface area contributed by atoms with Crippen LogP contribution in [0.3, 0.4) is 0 Å². The number of allylic oxidation sites excluding steroid dienone is 18. The molecule has 0 aromatic rings. The molecule has 0 saturated carbocycles. The molecule has 1 unspecified atom stereocenters. The Morgan fingerprint density at radius 1 is 0.471 bits per heavy atom. The number of carbonyl (C=O) groups is 1. The molecule has 0 aliphatic rings. The summed E-state index contributed by atoms with van der Waals surface area (Å²) in [7, 11) is 0. The maximum absolute atomic E-state index is 12.1. The number of hydrogen-bond acceptors (Lipinski definition) is 4. The lowest BCUT2D eigenvalue weighted by Gasteiger charge is -2.15. The van der Waals surface area contributed by atoms with E-state index in [1.807, 2.05) is 6.08 Å². The van der Waals surface area contributed by atoms with Crippen molar-refractivity contribution in [2.45, 2.75) is 161 Å². The second kappa shape index (κ2) is 43.2. The maximum Gasteiger partial charge on any atom is 0.306 e. The van der Waals surface area contributed by atoms with Crippen LogP contribution in [0, 0.1) is 0 Å². The minimum atomic E-state index is -0.581. The first kappa shape index (κ1) is 48.0. The second-order valence-electron chi connectivity index (χ2n) is 12.9. The summed E-state index contributed by atoms with van der Waals surface area (Å²) in [4.78, 5) is 12.1. The van der Waals surface area contributed by atoms with Gasteiger partial charge < -0.3 is 14.6 Å². The first-order valence-corrected chi connectivity index (χ1v) is 20.5. The van der Waals surface area contributed by atoms with Crippen LogP contribution in [0.5, 0.6) is 0 Å². The van der Waals surface area contributed by atoms with E-state index in [9.17, 15) is 9.90 Å². The lowest BCUT2D eigenvalue weighted by Crippen LogP contribution is -2.27. The highest BCUT2D eigenvalue weighted by Gasteiger charge is 2.13. The van der Waals surface area contributed by atoms with Gasteiger partial charge in [-0.15, -0.1) is 0 Å². The van der Waals surface area contributed by atoms with Crippen molar-refractivity contribution in [2.75, 3.05) is 19.8 Å². The van der Waals surface area contributed by atoms with Gasteiger partial charge in [0.05, 0.1) is 13.2 Å². The molecule has 0 heterocycles. The molecule has 1 atom stereocenters. The molecular formula is C47H76O4. The third-order valence-electron chi connectivity index (χ3n) is 8.11. The molecule has 0 rings (SSSR count). The Morgan fingerprint density at radius 2 is 0.824 bits per heavy atom. The Morgan fingerprint density at radius 3 is 1.24 bits per heavy atom. The van der Waals surface area contributed by atoms with Crippen LogP contribution in [0.4, 0.5) is 0 Å². The molecular weight excluding hydrogens is 629 g/mol. The maximum atomic E-state index is 12.1. The molecule has 4 heteroatoms. The molecule has 1 N–H and O–H groups in total. The lowest BCUT2D eigenvalue weighted by atomic mass is 10.1. The average molecular weight is 705 g/mol. The number of aliphatic hydroxyl groups excluding tert-OH is 1. The number of rotatable bonds is 36. The summed E-state index contributed by atoms with van der Waals surface area (Å²) >= 11 is 0. The van der Waals surface area contributed by atoms with Crippen molar-refractivity contribution in [1.29, 1.82) is 0 Å². The first-order valence-electron chi connectivity index (χ1n) is 20.5. The standard InChI is InChI=1S/C47H76O4/c1-3-5-7-9-11-13-15-17-18-19-20-21-22-23-24-25-26-27-28-29-31-33-35-37-39-41-43-50-45-46(44-48)51-47(49)42-40-38-36-34-32-30-16-14-12-10-8-6-4-2/h5-8,11-14,17-18,20-21,23-24,30,32,36,38,46,48H,3-4,9-10,15-16,19,22,25-29,31,33-35,37,39-45H2,1-2H3/b7-5-,8-6-,13-11-,14-12-,18-17-,21-20-,24-23-,32-30-,38-36-. The minimum absolute atomic E-state index is 0.209. The van der Waals surface area contributed by atoms with Gasteiger partial charge in [0.15, 0.2) is 0 Å². The zero-order valence-electron chi connectivity index (χ0n) is 32.8. The number of esters is 1. The molecule has 0 aromatic carbocycles. The highest BCUT2D eigenvalue weighted by atomic mass is 16.6. The summed E-state index contributed by atoms with van der Waals surface area (Å²) < 4.78 is 11.1. The average Bonchev–Trinajstić information content (AvgIpc) is 3.14. The van der Waals surface area contributed by atoms with Crippen molar-refractivity contribution in [3.63, 3.8) is 0 Å². The van der Waals surface area contributed by atoms with Crippen molar-refractivity contribution in [3.05, 3.63) is 109 Å². The minimum Gasteiger partial charge on any atom is -0.457 e. The zero-order chi connectivity index (χ0) is 37.0. The van der Waals surface area contributed by atoms with Gasteiger partial charge in [0.1, 0.15) is 6.10 Å². The van der Waals surface area contributed by atoms with Gasteiger partial charge in [0.25, 0.3) is 0 Å². The van der Waals surface area contributed by atoms with Crippen LogP contribution in [0.1, 0.15) is 155 Å². The topological polar surface area (TPSA) is 55.8 Å². The van der Waals surface area contributed by atoms with Gasteiger partial charge in [0.2, 0.25) is 0 Å². The van der Waals surface area contributed by atoms with Crippen molar-refractivity contribution >= 4 is 5.97 Å². The van der Waals surface area contributed by atoms with Crippen LogP contribution in [-0.4, -0.2) is 37.0 Å². The summed E-state index contributed by atoms with van der Waals surface area (Å²) in [5.74, 6) is -0.287. The molecule has 0 spiro atoms. The van der Waals surface area contributed by atoms with Crippen LogP contribution in [0.15, 0.2) is 109 Å². The molecule has 4 nitrogen and oxygen atoms in total. The van der Waals surface area contributed by atoms with Gasteiger partial charge >= 0.3 is 5.97 Å². The van der Waals surface area contributed by atoms with Gasteiger partial charge in [-0.3, -0.25) is 4.79 Å². The molecule has 288 valence electrons. The summed E-state index contributed by atoms with van der Waals surface area (Å²) in [6.45, 7) is 5.00. The molecule has 0 saturated heterocycles. The van der Waals surface area contributed by atoms with E-state index < -0.39 is 6.10 Å². The summed E-state index contributed by atoms with van der Waals surface area (Å²) in [5.41, 5.74) is 0. The van der Waals surface area contributed by atoms with Crippen LogP contribution in [0.2, 0.25) is 0 Å². The van der Waals surface area contributed by atoms with Crippen LogP contribution >= 0.6 is 0 Å². The Bertz CT molecular complexity index is 1010. The third-order valence-corrected chi connectivity index (χ3v) is 8.11. The van der Waals surface area contributed by atoms with E-state index in [1.54, 1.807) is 0 Å². The predicted octanol–water partition coefficient (Wildman–Crippen LogP) is 13.5. The van der Waals surface area contributed by atoms with Crippen LogP contribution in [-0.2, 0) is 14.3 Å². The van der Waals surface area contributed by atoms with E-state index in [0.29, 0.717) is 19.4 Å². The van der Waals surface area contributed by atoms with E-state index in [4.69, 9.17) is 9.47 Å². The van der Waals surface area contributed by atoms with Gasteiger partial charge in [-0.25, -0.2) is 0 Å². The summed E-state index contributed by atoms with van der Waals surface area (Å²) in [6.07, 6.45) is 63.0. The van der Waals surface area contributed by atoms with E-state index >= 15 is 0 Å². The van der Waals surface area contributed by atoms with Crippen LogP contribution < -0.4 is 0 Å². The lowest BCUT2D eigenvalue weighted by molar-refractivity contribution is -0.154. The second-order valence-corrected chi connectivity index (χ2v) is 12.9. The van der Waals surface area contributed by atoms with Crippen molar-refractivity contribution in [1.82, 2.24) is 0 Å². The molecule has 51 heavy (non-hydrogen) atoms. The number of carbonyl (C=O) groups excluding carboxylic acids is 1. The normalized spacial score (nSPS) is 13.5. The number of aliphatic hydroxyl groups is 1. The fourth-order valence-corrected chi connectivity index (χ4v) is 5.13. The summed E-state index contributed by atoms with van der Waals surface area (Å²) in [6, 6.07) is 0. The van der Waals surface area contributed by atoms with Gasteiger partial charge in [-0.05, 0) is 83.5 Å². The quantitative estimate of drug-likeness (QED) is 0.0401. The molecule has 0 radical (unpaired) electrons. The predicted molar refractivity (Wildman–Crippen MR) is 223 cm³/mol. The highest BCUT2D eigenvalue weighted by Crippen LogP contribution is 2.12. The van der Waals surface area contributed by atoms with Gasteiger partial charge in [-0.2, -0.15) is 0 Å². The van der Waals surface area contributed by atoms with Crippen molar-refractivity contribution < 1.29 is 19.4 Å². The van der Waals surface area contributed by atoms with E-state index in [2.05, 4.69) is 117 Å². The first-order chi connectivity index (χ1) is 25.2. The molecule has 0 fully saturated rings. The Labute approximate surface area is 315 Å². The van der Waals surface area contributed by atoms with Crippen LogP contribution in [0.25, 0.3) is 0 Å². The Balaban J connectivity index is 3.54. The Kier molecular flexibility index (Phi) is 40.7. The van der Waals surface area contributed by atoms with Gasteiger partial charge in [-0.1, -0.05) is 175 Å². The number of hydrogen-bond donors (Lipinski definition) is 1. The molecule has 0 bridgehead atoms. The van der Waals surface area contributed by atoms with Crippen molar-refractivity contribution in [3.8, 4) is 0 Å². The van der Waals surface area contributed by atoms with Gasteiger partial charge in [0, 0.05) is 13.0 Å². The number of ether oxygens (including phenoxy) is 2. The molecule has 0 aliphatic heterocycles. The molecule has 0 aliphatic carbocycles. The SMILES string of the molecule is CC/C=C\C/C=C\C/C=C\C/C=C\C/C=C\CCCCCCCCCCCCOCC(CO)OC(=O)CC/C=C\C/C=C\C/C=C\C/C=C\CC. The summed E-state index contributed by atoms with van der Waals surface area (Å²) in [5, 5.41) is 9.56. The Hall–Kier alpha value is -2.95. The third kappa shape index (κ3) is 41.4. The van der Waals surface area contributed by atoms with Crippen molar-refractivity contribution in [2.24, 2.45) is 0 Å². The van der Waals surface area contributed by atoms with E-state index in [0.717, 1.165) is 70.6 Å². The van der Waals surface area contributed by atoms with E-state index in [1.165, 1.54) is 57.8 Å². The fraction of sp³-hybridized carbons (Fsp3) is 0.596. The van der Waals surface area contributed by atoms with E-state index in [-0.39, 0.29) is 19.2 Å². The number of unbranched alkanes of at least 4 members (excludes halogenated alkanes) is 10. The fourth-order valence-electron chi connectivity index (χ4n) is 5.13. The smallest absolute Gasteiger partial charge is 0.306 e. The molecule has 0 amide bonds.